The van der Waals surface area contributed by atoms with Gasteiger partial charge in [0, 0.05) is 47.7 Å². The first-order valence-corrected chi connectivity index (χ1v) is 9.33. The Hall–Kier alpha value is -3.69. The highest BCUT2D eigenvalue weighted by atomic mass is 19.4. The van der Waals surface area contributed by atoms with E-state index in [1.807, 2.05) is 0 Å². The highest BCUT2D eigenvalue weighted by molar-refractivity contribution is 5.76. The average molecular weight is 432 g/mol. The number of rotatable bonds is 7. The van der Waals surface area contributed by atoms with Gasteiger partial charge in [0.2, 0.25) is 5.91 Å². The maximum atomic E-state index is 12.5. The number of nitrogens with one attached hydrogen (secondary N) is 2. The van der Waals surface area contributed by atoms with Gasteiger partial charge in [-0.05, 0) is 31.5 Å². The van der Waals surface area contributed by atoms with Crippen LogP contribution in [0, 0.1) is 6.92 Å². The Morgan fingerprint density at radius 1 is 1.16 bits per heavy atom. The van der Waals surface area contributed by atoms with Gasteiger partial charge in [0.1, 0.15) is 11.6 Å². The van der Waals surface area contributed by atoms with Gasteiger partial charge >= 0.3 is 6.36 Å². The Kier molecular flexibility index (Phi) is 6.68. The number of benzene rings is 1. The third kappa shape index (κ3) is 6.14. The van der Waals surface area contributed by atoms with Crippen LogP contribution in [-0.4, -0.2) is 27.2 Å². The summed E-state index contributed by atoms with van der Waals surface area (Å²) < 4.78 is 41.4. The second kappa shape index (κ2) is 9.41. The van der Waals surface area contributed by atoms with E-state index in [1.54, 1.807) is 37.5 Å². The van der Waals surface area contributed by atoms with E-state index in [4.69, 9.17) is 0 Å². The zero-order valence-electron chi connectivity index (χ0n) is 16.5. The molecule has 0 aliphatic carbocycles. The maximum Gasteiger partial charge on any atom is 0.573 e. The Morgan fingerprint density at radius 2 is 1.87 bits per heavy atom. The molecule has 2 heterocycles. The van der Waals surface area contributed by atoms with Crippen molar-refractivity contribution >= 4 is 5.91 Å². The van der Waals surface area contributed by atoms with Crippen molar-refractivity contribution in [2.75, 3.05) is 0 Å². The predicted molar refractivity (Wildman–Crippen MR) is 106 cm³/mol. The highest BCUT2D eigenvalue weighted by Crippen LogP contribution is 2.26. The normalized spacial score (nSPS) is 11.2. The molecule has 0 radical (unpaired) electrons. The molecule has 0 saturated heterocycles. The quantitative estimate of drug-likeness (QED) is 0.597. The van der Waals surface area contributed by atoms with Gasteiger partial charge < -0.3 is 15.0 Å². The van der Waals surface area contributed by atoms with E-state index < -0.39 is 12.3 Å². The molecule has 3 aromatic rings. The number of carbonyl (C=O) groups is 1. The third-order valence-electron chi connectivity index (χ3n) is 4.45. The standard InChI is InChI=1S/C21H19F3N4O3/c1-13-16(20(30)28-19(27-13)14-8-10-25-11-9-14)6-7-18(29)26-12-15-4-2-3-5-17(15)31-21(22,23)24/h2-5,8-11H,6-7,12H2,1H3,(H,26,29)(H,27,28,30). The van der Waals surface area contributed by atoms with Crippen LogP contribution in [0.2, 0.25) is 0 Å². The molecule has 0 spiro atoms. The number of pyridine rings is 1. The molecule has 162 valence electrons. The molecule has 31 heavy (non-hydrogen) atoms. The summed E-state index contributed by atoms with van der Waals surface area (Å²) in [5, 5.41) is 2.55. The van der Waals surface area contributed by atoms with Crippen LogP contribution in [0.3, 0.4) is 0 Å². The van der Waals surface area contributed by atoms with Crippen molar-refractivity contribution in [3.05, 3.63) is 76.0 Å². The highest BCUT2D eigenvalue weighted by Gasteiger charge is 2.32. The fourth-order valence-corrected chi connectivity index (χ4v) is 2.95. The largest absolute Gasteiger partial charge is 0.573 e. The monoisotopic (exact) mass is 432 g/mol. The lowest BCUT2D eigenvalue weighted by Crippen LogP contribution is -2.26. The van der Waals surface area contributed by atoms with Crippen LogP contribution in [0.15, 0.2) is 53.6 Å². The van der Waals surface area contributed by atoms with Crippen molar-refractivity contribution < 1.29 is 22.7 Å². The zero-order chi connectivity index (χ0) is 22.4. The summed E-state index contributed by atoms with van der Waals surface area (Å²) in [6.45, 7) is 1.54. The molecule has 3 rings (SSSR count). The van der Waals surface area contributed by atoms with Crippen LogP contribution in [0.25, 0.3) is 11.4 Å². The maximum absolute atomic E-state index is 12.5. The molecular formula is C21H19F3N4O3. The van der Waals surface area contributed by atoms with Crippen molar-refractivity contribution in [1.82, 2.24) is 20.3 Å². The summed E-state index contributed by atoms with van der Waals surface area (Å²) in [5.74, 6) is -0.392. The van der Waals surface area contributed by atoms with Gasteiger partial charge in [0.15, 0.2) is 0 Å². The van der Waals surface area contributed by atoms with Gasteiger partial charge in [-0.15, -0.1) is 13.2 Å². The number of nitrogens with zero attached hydrogens (tertiary/aromatic N) is 2. The molecule has 0 unspecified atom stereocenters. The number of H-pyrrole nitrogens is 1. The van der Waals surface area contributed by atoms with E-state index >= 15 is 0 Å². The van der Waals surface area contributed by atoms with Gasteiger partial charge in [0.25, 0.3) is 5.56 Å². The van der Waals surface area contributed by atoms with E-state index in [0.29, 0.717) is 22.6 Å². The fourth-order valence-electron chi connectivity index (χ4n) is 2.95. The van der Waals surface area contributed by atoms with Crippen LogP contribution < -0.4 is 15.6 Å². The first kappa shape index (κ1) is 22.0. The number of alkyl halides is 3. The van der Waals surface area contributed by atoms with Crippen LogP contribution >= 0.6 is 0 Å². The van der Waals surface area contributed by atoms with E-state index in [9.17, 15) is 22.8 Å². The average Bonchev–Trinajstić information content (AvgIpc) is 2.72. The van der Waals surface area contributed by atoms with E-state index in [1.165, 1.54) is 18.2 Å². The minimum absolute atomic E-state index is 0.0253. The molecule has 0 saturated carbocycles. The molecule has 10 heteroatoms. The molecule has 0 atom stereocenters. The minimum Gasteiger partial charge on any atom is -0.405 e. The van der Waals surface area contributed by atoms with Gasteiger partial charge in [0.05, 0.1) is 0 Å². The van der Waals surface area contributed by atoms with Gasteiger partial charge in [-0.1, -0.05) is 18.2 Å². The second-order valence-electron chi connectivity index (χ2n) is 6.65. The molecule has 1 aromatic carbocycles. The molecule has 7 nitrogen and oxygen atoms in total. The Bertz CT molecular complexity index is 1110. The molecule has 0 aliphatic rings. The number of halogens is 3. The van der Waals surface area contributed by atoms with Crippen LogP contribution in [-0.2, 0) is 17.8 Å². The number of hydrogen-bond acceptors (Lipinski definition) is 5. The van der Waals surface area contributed by atoms with E-state index in [0.717, 1.165) is 0 Å². The molecule has 0 bridgehead atoms. The number of ether oxygens (including phenoxy) is 1. The smallest absolute Gasteiger partial charge is 0.405 e. The van der Waals surface area contributed by atoms with Crippen LogP contribution in [0.1, 0.15) is 23.2 Å². The summed E-state index contributed by atoms with van der Waals surface area (Å²) >= 11 is 0. The topological polar surface area (TPSA) is 97.0 Å². The number of carbonyl (C=O) groups excluding carboxylic acids is 1. The van der Waals surface area contributed by atoms with Crippen molar-refractivity contribution in [2.24, 2.45) is 0 Å². The lowest BCUT2D eigenvalue weighted by molar-refractivity contribution is -0.274. The first-order chi connectivity index (χ1) is 14.7. The zero-order valence-corrected chi connectivity index (χ0v) is 16.5. The van der Waals surface area contributed by atoms with Crippen LogP contribution in [0.4, 0.5) is 13.2 Å². The predicted octanol–water partition coefficient (Wildman–Crippen LogP) is 3.29. The lowest BCUT2D eigenvalue weighted by Gasteiger charge is -2.13. The second-order valence-corrected chi connectivity index (χ2v) is 6.65. The van der Waals surface area contributed by atoms with E-state index in [-0.39, 0.29) is 36.3 Å². The van der Waals surface area contributed by atoms with E-state index in [2.05, 4.69) is 25.0 Å². The number of aromatic nitrogens is 3. The third-order valence-corrected chi connectivity index (χ3v) is 4.45. The number of aromatic amines is 1. The van der Waals surface area contributed by atoms with Crippen molar-refractivity contribution in [3.8, 4) is 17.1 Å². The number of aryl methyl sites for hydroxylation is 1. The molecular weight excluding hydrogens is 413 g/mol. The van der Waals surface area contributed by atoms with Gasteiger partial charge in [-0.25, -0.2) is 4.98 Å². The summed E-state index contributed by atoms with van der Waals surface area (Å²) in [5.41, 5.74) is 1.40. The minimum atomic E-state index is -4.83. The summed E-state index contributed by atoms with van der Waals surface area (Å²) in [7, 11) is 0. The summed E-state index contributed by atoms with van der Waals surface area (Å²) in [6, 6.07) is 8.98. The Labute approximate surface area is 175 Å². The fraction of sp³-hybridized carbons (Fsp3) is 0.238. The van der Waals surface area contributed by atoms with Crippen molar-refractivity contribution in [3.63, 3.8) is 0 Å². The summed E-state index contributed by atoms with van der Waals surface area (Å²) in [4.78, 5) is 35.6. The molecule has 1 amide bonds. The number of amides is 1. The van der Waals surface area contributed by atoms with Crippen LogP contribution in [0.5, 0.6) is 5.75 Å². The summed E-state index contributed by atoms with van der Waals surface area (Å²) in [6.07, 6.45) is -1.55. The van der Waals surface area contributed by atoms with Crippen molar-refractivity contribution in [1.29, 1.82) is 0 Å². The molecule has 0 aliphatic heterocycles. The Morgan fingerprint density at radius 3 is 2.55 bits per heavy atom. The SMILES string of the molecule is Cc1nc(-c2ccncc2)[nH]c(=O)c1CCC(=O)NCc1ccccc1OC(F)(F)F. The molecule has 2 N–H and O–H groups in total. The molecule has 2 aromatic heterocycles. The van der Waals surface area contributed by atoms with Gasteiger partial charge in [-0.2, -0.15) is 0 Å². The molecule has 0 fully saturated rings. The number of para-hydroxylation sites is 1. The Balaban J connectivity index is 1.61. The van der Waals surface area contributed by atoms with Gasteiger partial charge in [-0.3, -0.25) is 14.6 Å². The first-order valence-electron chi connectivity index (χ1n) is 9.33. The number of hydrogen-bond donors (Lipinski definition) is 2. The lowest BCUT2D eigenvalue weighted by atomic mass is 10.1. The van der Waals surface area contributed by atoms with Crippen molar-refractivity contribution in [2.45, 2.75) is 32.7 Å².